The van der Waals surface area contributed by atoms with E-state index in [1.54, 1.807) is 0 Å². The van der Waals surface area contributed by atoms with Gasteiger partial charge in [-0.2, -0.15) is 0 Å². The quantitative estimate of drug-likeness (QED) is 0.803. The number of rotatable bonds is 4. The summed E-state index contributed by atoms with van der Waals surface area (Å²) in [6.07, 6.45) is 1.89. The van der Waals surface area contributed by atoms with Gasteiger partial charge < -0.3 is 10.3 Å². The molecule has 2 N–H and O–H groups in total. The largest absolute Gasteiger partial charge is 0.368 e. The third kappa shape index (κ3) is 2.59. The van der Waals surface area contributed by atoms with Gasteiger partial charge in [0.15, 0.2) is 0 Å². The zero-order chi connectivity index (χ0) is 16.5. The molecule has 0 aliphatic carbocycles. The maximum atomic E-state index is 11.7. The molecule has 1 aliphatic rings. The molecule has 0 unspecified atom stereocenters. The number of primary amides is 1. The number of amides is 1. The second-order valence-corrected chi connectivity index (χ2v) is 6.40. The van der Waals surface area contributed by atoms with Gasteiger partial charge in [0.2, 0.25) is 5.91 Å². The van der Waals surface area contributed by atoms with E-state index < -0.39 is 0 Å². The van der Waals surface area contributed by atoms with Crippen molar-refractivity contribution in [2.45, 2.75) is 25.4 Å². The first-order valence-electron chi connectivity index (χ1n) is 8.42. The maximum absolute atomic E-state index is 11.7. The van der Waals surface area contributed by atoms with Crippen LogP contribution in [0.3, 0.4) is 0 Å². The van der Waals surface area contributed by atoms with E-state index >= 15 is 0 Å². The van der Waals surface area contributed by atoms with Crippen molar-refractivity contribution in [3.63, 3.8) is 0 Å². The monoisotopic (exact) mass is 319 g/mol. The molecule has 1 aromatic heterocycles. The van der Waals surface area contributed by atoms with E-state index in [9.17, 15) is 4.79 Å². The molecule has 1 saturated heterocycles. The Balaban J connectivity index is 1.79. The Bertz CT molecular complexity index is 869. The summed E-state index contributed by atoms with van der Waals surface area (Å²) in [6.45, 7) is 1.65. The standard InChI is InChI=1S/C20H21N3O/c21-20(24)19-11-6-12-22(19)14-17-13-15-7-4-5-10-18(15)23(17)16-8-2-1-3-9-16/h1-5,7-10,13,19H,6,11-12,14H2,(H2,21,24)/t19-/m0/s1. The van der Waals surface area contributed by atoms with Gasteiger partial charge in [-0.15, -0.1) is 0 Å². The van der Waals surface area contributed by atoms with Crippen LogP contribution in [-0.2, 0) is 11.3 Å². The van der Waals surface area contributed by atoms with Crippen LogP contribution in [0.25, 0.3) is 16.6 Å². The van der Waals surface area contributed by atoms with Crippen molar-refractivity contribution >= 4 is 16.8 Å². The summed E-state index contributed by atoms with van der Waals surface area (Å²) in [7, 11) is 0. The number of para-hydroxylation sites is 2. The fourth-order valence-electron chi connectivity index (χ4n) is 3.76. The van der Waals surface area contributed by atoms with E-state index in [1.165, 1.54) is 16.6 Å². The highest BCUT2D eigenvalue weighted by molar-refractivity contribution is 5.83. The number of nitrogens with zero attached hydrogens (tertiary/aromatic N) is 2. The van der Waals surface area contributed by atoms with Gasteiger partial charge in [0.1, 0.15) is 0 Å². The van der Waals surface area contributed by atoms with Gasteiger partial charge in [0.25, 0.3) is 0 Å². The molecule has 2 heterocycles. The van der Waals surface area contributed by atoms with E-state index in [-0.39, 0.29) is 11.9 Å². The number of hydrogen-bond donors (Lipinski definition) is 1. The summed E-state index contributed by atoms with van der Waals surface area (Å²) in [6, 6.07) is 20.8. The predicted octanol–water partition coefficient (Wildman–Crippen LogP) is 3.08. The molecule has 0 saturated carbocycles. The van der Waals surface area contributed by atoms with Crippen molar-refractivity contribution in [3.8, 4) is 5.69 Å². The highest BCUT2D eigenvalue weighted by Gasteiger charge is 2.29. The van der Waals surface area contributed by atoms with Gasteiger partial charge in [-0.05, 0) is 43.7 Å². The average Bonchev–Trinajstić information content (AvgIpc) is 3.20. The lowest BCUT2D eigenvalue weighted by Crippen LogP contribution is -2.40. The van der Waals surface area contributed by atoms with Crippen LogP contribution in [0.5, 0.6) is 0 Å². The Morgan fingerprint density at radius 2 is 1.83 bits per heavy atom. The van der Waals surface area contributed by atoms with Gasteiger partial charge in [0, 0.05) is 23.3 Å². The molecule has 4 heteroatoms. The fraction of sp³-hybridized carbons (Fsp3) is 0.250. The van der Waals surface area contributed by atoms with Crippen LogP contribution < -0.4 is 5.73 Å². The Kier molecular flexibility index (Phi) is 3.82. The van der Waals surface area contributed by atoms with E-state index in [2.05, 4.69) is 64.1 Å². The van der Waals surface area contributed by atoms with Gasteiger partial charge in [-0.25, -0.2) is 0 Å². The average molecular weight is 319 g/mol. The zero-order valence-corrected chi connectivity index (χ0v) is 13.6. The minimum absolute atomic E-state index is 0.146. The maximum Gasteiger partial charge on any atom is 0.234 e. The molecule has 0 radical (unpaired) electrons. The SMILES string of the molecule is NC(=O)[C@@H]1CCCN1Cc1cc2ccccc2n1-c1ccccc1. The van der Waals surface area contributed by atoms with E-state index in [4.69, 9.17) is 5.73 Å². The number of fused-ring (bicyclic) bond motifs is 1. The van der Waals surface area contributed by atoms with Crippen molar-refractivity contribution in [2.24, 2.45) is 5.73 Å². The number of likely N-dealkylation sites (tertiary alicyclic amines) is 1. The summed E-state index contributed by atoms with van der Waals surface area (Å²) in [4.78, 5) is 13.9. The van der Waals surface area contributed by atoms with Crippen LogP contribution in [0.2, 0.25) is 0 Å². The lowest BCUT2D eigenvalue weighted by Gasteiger charge is -2.22. The highest BCUT2D eigenvalue weighted by Crippen LogP contribution is 2.27. The minimum atomic E-state index is -0.213. The summed E-state index contributed by atoms with van der Waals surface area (Å²) >= 11 is 0. The molecule has 4 nitrogen and oxygen atoms in total. The van der Waals surface area contributed by atoms with Gasteiger partial charge in [0.05, 0.1) is 11.6 Å². The predicted molar refractivity (Wildman–Crippen MR) is 95.9 cm³/mol. The van der Waals surface area contributed by atoms with Crippen molar-refractivity contribution in [2.75, 3.05) is 6.54 Å². The molecule has 4 rings (SSSR count). The summed E-state index contributed by atoms with van der Waals surface area (Å²) in [5.74, 6) is -0.213. The Morgan fingerprint density at radius 3 is 2.62 bits per heavy atom. The minimum Gasteiger partial charge on any atom is -0.368 e. The molecule has 0 spiro atoms. The number of aromatic nitrogens is 1. The summed E-state index contributed by atoms with van der Waals surface area (Å²) in [5.41, 5.74) is 9.10. The normalized spacial score (nSPS) is 18.2. The van der Waals surface area contributed by atoms with Crippen molar-refractivity contribution in [1.29, 1.82) is 0 Å². The lowest BCUT2D eigenvalue weighted by molar-refractivity contribution is -0.122. The summed E-state index contributed by atoms with van der Waals surface area (Å²) in [5, 5.41) is 1.21. The van der Waals surface area contributed by atoms with Crippen LogP contribution in [0.4, 0.5) is 0 Å². The van der Waals surface area contributed by atoms with Crippen molar-refractivity contribution < 1.29 is 4.79 Å². The molecule has 1 aliphatic heterocycles. The number of carbonyl (C=O) groups excluding carboxylic acids is 1. The molecule has 1 fully saturated rings. The van der Waals surface area contributed by atoms with Crippen LogP contribution in [0.1, 0.15) is 18.5 Å². The molecule has 122 valence electrons. The number of benzene rings is 2. The third-order valence-electron chi connectivity index (χ3n) is 4.86. The zero-order valence-electron chi connectivity index (χ0n) is 13.6. The van der Waals surface area contributed by atoms with Crippen LogP contribution in [0, 0.1) is 0 Å². The Morgan fingerprint density at radius 1 is 1.08 bits per heavy atom. The van der Waals surface area contributed by atoms with Crippen LogP contribution >= 0.6 is 0 Å². The van der Waals surface area contributed by atoms with Gasteiger partial charge >= 0.3 is 0 Å². The molecule has 0 bridgehead atoms. The first-order chi connectivity index (χ1) is 11.7. The van der Waals surface area contributed by atoms with Gasteiger partial charge in [-0.3, -0.25) is 9.69 Å². The Hall–Kier alpha value is -2.59. The van der Waals surface area contributed by atoms with Crippen molar-refractivity contribution in [3.05, 3.63) is 66.4 Å². The second-order valence-electron chi connectivity index (χ2n) is 6.40. The smallest absolute Gasteiger partial charge is 0.234 e. The Labute approximate surface area is 141 Å². The first kappa shape index (κ1) is 15.0. The molecular formula is C20H21N3O. The molecule has 3 aromatic rings. The third-order valence-corrected chi connectivity index (χ3v) is 4.86. The molecular weight excluding hydrogens is 298 g/mol. The molecule has 24 heavy (non-hydrogen) atoms. The van der Waals surface area contributed by atoms with Gasteiger partial charge in [-0.1, -0.05) is 36.4 Å². The molecule has 1 amide bonds. The van der Waals surface area contributed by atoms with Crippen LogP contribution in [-0.4, -0.2) is 28.0 Å². The number of nitrogens with two attached hydrogens (primary N) is 1. The lowest BCUT2D eigenvalue weighted by atomic mass is 10.2. The number of hydrogen-bond acceptors (Lipinski definition) is 2. The van der Waals surface area contributed by atoms with Crippen LogP contribution in [0.15, 0.2) is 60.7 Å². The molecule has 2 aromatic carbocycles. The number of carbonyl (C=O) groups is 1. The van der Waals surface area contributed by atoms with E-state index in [0.717, 1.165) is 31.6 Å². The second kappa shape index (κ2) is 6.13. The first-order valence-corrected chi connectivity index (χ1v) is 8.42. The van der Waals surface area contributed by atoms with E-state index in [0.29, 0.717) is 0 Å². The molecule has 1 atom stereocenters. The highest BCUT2D eigenvalue weighted by atomic mass is 16.1. The van der Waals surface area contributed by atoms with E-state index in [1.807, 2.05) is 6.07 Å². The fourth-order valence-corrected chi connectivity index (χ4v) is 3.76. The topological polar surface area (TPSA) is 51.3 Å². The summed E-state index contributed by atoms with van der Waals surface area (Å²) < 4.78 is 2.28. The van der Waals surface area contributed by atoms with Crippen molar-refractivity contribution in [1.82, 2.24) is 9.47 Å².